The van der Waals surface area contributed by atoms with Crippen molar-refractivity contribution in [2.75, 3.05) is 6.61 Å². The van der Waals surface area contributed by atoms with Crippen LogP contribution in [-0.2, 0) is 11.3 Å². The summed E-state index contributed by atoms with van der Waals surface area (Å²) >= 11 is 0. The van der Waals surface area contributed by atoms with Crippen molar-refractivity contribution in [1.29, 1.82) is 0 Å². The minimum atomic E-state index is -0.547. The smallest absolute Gasteiger partial charge is 0.355 e. The second-order valence-electron chi connectivity index (χ2n) is 6.72. The molecule has 6 nitrogen and oxygen atoms in total. The number of carbonyl (C=O) groups excluding carboxylic acids is 2. The normalized spacial score (nSPS) is 11.1. The summed E-state index contributed by atoms with van der Waals surface area (Å²) in [6, 6.07) is 14.8. The molecule has 6 heteroatoms. The molecule has 0 bridgehead atoms. The first kappa shape index (κ1) is 17.9. The largest absolute Gasteiger partial charge is 0.467 e. The van der Waals surface area contributed by atoms with Crippen LogP contribution in [0.4, 0.5) is 0 Å². The zero-order valence-corrected chi connectivity index (χ0v) is 15.7. The number of aryl methyl sites for hydroxylation is 1. The molecule has 3 heterocycles. The van der Waals surface area contributed by atoms with Gasteiger partial charge in [-0.3, -0.25) is 4.79 Å². The second kappa shape index (κ2) is 7.23. The van der Waals surface area contributed by atoms with Crippen LogP contribution < -0.4 is 0 Å². The average Bonchev–Trinajstić information content (AvgIpc) is 3.41. The van der Waals surface area contributed by atoms with Crippen LogP contribution in [0.1, 0.15) is 38.0 Å². The Morgan fingerprint density at radius 2 is 1.93 bits per heavy atom. The molecule has 0 unspecified atom stereocenters. The van der Waals surface area contributed by atoms with Crippen LogP contribution in [0.15, 0.2) is 59.2 Å². The Bertz CT molecular complexity index is 1120. The van der Waals surface area contributed by atoms with Gasteiger partial charge in [0.05, 0.1) is 12.8 Å². The maximum absolute atomic E-state index is 12.6. The van der Waals surface area contributed by atoms with Gasteiger partial charge in [0, 0.05) is 27.9 Å². The van der Waals surface area contributed by atoms with Crippen LogP contribution in [0, 0.1) is 13.8 Å². The van der Waals surface area contributed by atoms with Crippen LogP contribution in [0.2, 0.25) is 0 Å². The Morgan fingerprint density at radius 1 is 1.11 bits per heavy atom. The summed E-state index contributed by atoms with van der Waals surface area (Å²) in [6.07, 6.45) is 1.62. The summed E-state index contributed by atoms with van der Waals surface area (Å²) < 4.78 is 12.6. The second-order valence-corrected chi connectivity index (χ2v) is 6.72. The number of nitrogens with one attached hydrogen (secondary N) is 1. The summed E-state index contributed by atoms with van der Waals surface area (Å²) in [5.74, 6) is 0.0308. The monoisotopic (exact) mass is 376 g/mol. The van der Waals surface area contributed by atoms with Crippen molar-refractivity contribution in [1.82, 2.24) is 9.55 Å². The number of rotatable bonds is 6. The number of esters is 1. The summed E-state index contributed by atoms with van der Waals surface area (Å²) in [6.45, 7) is 4.05. The zero-order chi connectivity index (χ0) is 19.7. The van der Waals surface area contributed by atoms with E-state index in [1.165, 1.54) is 0 Å². The van der Waals surface area contributed by atoms with Gasteiger partial charge in [-0.15, -0.1) is 0 Å². The number of Topliss-reactive ketones (excluding diaryl/α,β-unsaturated/α-hetero) is 1. The number of nitrogens with zero attached hydrogens (tertiary/aromatic N) is 1. The number of hydrogen-bond acceptors (Lipinski definition) is 4. The van der Waals surface area contributed by atoms with Crippen molar-refractivity contribution in [3.05, 3.63) is 83.2 Å². The zero-order valence-electron chi connectivity index (χ0n) is 15.7. The molecule has 0 amide bonds. The predicted octanol–water partition coefficient (Wildman–Crippen LogP) is 4.27. The van der Waals surface area contributed by atoms with Crippen LogP contribution in [0.25, 0.3) is 10.9 Å². The third kappa shape index (κ3) is 3.36. The molecule has 28 heavy (non-hydrogen) atoms. The van der Waals surface area contributed by atoms with Crippen molar-refractivity contribution in [3.8, 4) is 0 Å². The molecule has 4 aromatic rings. The predicted molar refractivity (Wildman–Crippen MR) is 105 cm³/mol. The highest BCUT2D eigenvalue weighted by Crippen LogP contribution is 2.19. The van der Waals surface area contributed by atoms with E-state index in [2.05, 4.69) is 4.98 Å². The number of ether oxygens (including phenoxy) is 1. The van der Waals surface area contributed by atoms with Gasteiger partial charge in [0.25, 0.3) is 0 Å². The molecule has 0 spiro atoms. The van der Waals surface area contributed by atoms with Crippen molar-refractivity contribution < 1.29 is 18.7 Å². The van der Waals surface area contributed by atoms with E-state index in [1.54, 1.807) is 12.3 Å². The number of furan rings is 1. The first-order valence-corrected chi connectivity index (χ1v) is 9.00. The van der Waals surface area contributed by atoms with Crippen molar-refractivity contribution >= 4 is 22.7 Å². The molecular weight excluding hydrogens is 356 g/mol. The number of fused-ring (bicyclic) bond motifs is 1. The van der Waals surface area contributed by atoms with E-state index in [4.69, 9.17) is 9.15 Å². The molecule has 1 N–H and O–H groups in total. The summed E-state index contributed by atoms with van der Waals surface area (Å²) in [5.41, 5.74) is 3.49. The lowest BCUT2D eigenvalue weighted by atomic mass is 10.1. The number of H-pyrrole nitrogens is 1. The van der Waals surface area contributed by atoms with Gasteiger partial charge in [-0.2, -0.15) is 0 Å². The van der Waals surface area contributed by atoms with Gasteiger partial charge in [-0.05, 0) is 44.2 Å². The molecule has 142 valence electrons. The lowest BCUT2D eigenvalue weighted by molar-refractivity contribution is 0.0469. The lowest BCUT2D eigenvalue weighted by Gasteiger charge is -2.08. The number of benzene rings is 1. The Balaban J connectivity index is 1.45. The highest BCUT2D eigenvalue weighted by atomic mass is 16.5. The van der Waals surface area contributed by atoms with Crippen molar-refractivity contribution in [2.45, 2.75) is 20.4 Å². The quantitative estimate of drug-likeness (QED) is 0.403. The maximum atomic E-state index is 12.6. The fourth-order valence-corrected chi connectivity index (χ4v) is 3.36. The fraction of sp³-hybridized carbons (Fsp3) is 0.182. The Kier molecular flexibility index (Phi) is 4.61. The highest BCUT2D eigenvalue weighted by molar-refractivity contribution is 6.01. The third-order valence-electron chi connectivity index (χ3n) is 4.85. The third-order valence-corrected chi connectivity index (χ3v) is 4.85. The van der Waals surface area contributed by atoms with Gasteiger partial charge < -0.3 is 18.7 Å². The molecule has 0 saturated carbocycles. The minimum Gasteiger partial charge on any atom is -0.467 e. The Morgan fingerprint density at radius 3 is 2.68 bits per heavy atom. The van der Waals surface area contributed by atoms with Gasteiger partial charge in [-0.1, -0.05) is 18.2 Å². The van der Waals surface area contributed by atoms with E-state index in [0.717, 1.165) is 28.1 Å². The SMILES string of the molecule is Cc1cc(C(=O)COC(=O)c2cc3ccccc3[nH]2)c(C)n1Cc1ccco1. The average molecular weight is 376 g/mol. The molecule has 0 aliphatic rings. The van der Waals surface area contributed by atoms with E-state index in [0.29, 0.717) is 17.8 Å². The molecule has 0 aliphatic carbocycles. The van der Waals surface area contributed by atoms with Gasteiger partial charge in [0.15, 0.2) is 6.61 Å². The van der Waals surface area contributed by atoms with Crippen LogP contribution in [0.5, 0.6) is 0 Å². The van der Waals surface area contributed by atoms with Crippen LogP contribution in [-0.4, -0.2) is 27.9 Å². The first-order valence-electron chi connectivity index (χ1n) is 9.00. The van der Waals surface area contributed by atoms with Gasteiger partial charge in [0.2, 0.25) is 5.78 Å². The topological polar surface area (TPSA) is 77.2 Å². The number of hydrogen-bond donors (Lipinski definition) is 1. The first-order chi connectivity index (χ1) is 13.5. The lowest BCUT2D eigenvalue weighted by Crippen LogP contribution is -2.15. The maximum Gasteiger partial charge on any atom is 0.355 e. The highest BCUT2D eigenvalue weighted by Gasteiger charge is 2.19. The minimum absolute atomic E-state index is 0.233. The molecule has 0 fully saturated rings. The van der Waals surface area contributed by atoms with Crippen molar-refractivity contribution in [3.63, 3.8) is 0 Å². The van der Waals surface area contributed by atoms with Crippen molar-refractivity contribution in [2.24, 2.45) is 0 Å². The Hall–Kier alpha value is -3.54. The molecular formula is C22H20N2O4. The van der Waals surface area contributed by atoms with E-state index in [-0.39, 0.29) is 12.4 Å². The van der Waals surface area contributed by atoms with E-state index in [1.807, 2.05) is 60.9 Å². The van der Waals surface area contributed by atoms with E-state index >= 15 is 0 Å². The molecule has 1 aromatic carbocycles. The molecule has 4 rings (SSSR count). The molecule has 0 radical (unpaired) electrons. The summed E-state index contributed by atoms with van der Waals surface area (Å²) in [7, 11) is 0. The molecule has 0 atom stereocenters. The van der Waals surface area contributed by atoms with E-state index in [9.17, 15) is 9.59 Å². The molecule has 0 saturated heterocycles. The standard InChI is InChI=1S/C22H20N2O4/c1-14-10-18(15(2)24(14)12-17-7-5-9-27-17)21(25)13-28-22(26)20-11-16-6-3-4-8-19(16)23-20/h3-11,23H,12-13H2,1-2H3. The molecule has 3 aromatic heterocycles. The van der Waals surface area contributed by atoms with Crippen LogP contribution in [0.3, 0.4) is 0 Å². The van der Waals surface area contributed by atoms with Gasteiger partial charge in [0.1, 0.15) is 11.5 Å². The van der Waals surface area contributed by atoms with Crippen LogP contribution >= 0.6 is 0 Å². The fourth-order valence-electron chi connectivity index (χ4n) is 3.36. The summed E-state index contributed by atoms with van der Waals surface area (Å²) in [5, 5.41) is 0.919. The number of ketones is 1. The number of aromatic amines is 1. The number of carbonyl (C=O) groups is 2. The van der Waals surface area contributed by atoms with Gasteiger partial charge >= 0.3 is 5.97 Å². The summed E-state index contributed by atoms with van der Waals surface area (Å²) in [4.78, 5) is 27.9. The number of para-hydroxylation sites is 1. The Labute approximate surface area is 161 Å². The molecule has 0 aliphatic heterocycles. The number of aromatic nitrogens is 2. The van der Waals surface area contributed by atoms with Gasteiger partial charge in [-0.25, -0.2) is 4.79 Å². The van der Waals surface area contributed by atoms with E-state index < -0.39 is 5.97 Å².